The molecule has 0 amide bonds. The molecule has 2 aromatic rings. The standard InChI is InChI=1S/C16H14F2O2/c1-10-3-2-4-15(16(10)18)19-9-13-8-11-7-12(17)5-6-14(11)20-13/h2-7,13H,8-9H2,1H3. The first kappa shape index (κ1) is 12.9. The number of hydrogen-bond donors (Lipinski definition) is 0. The normalized spacial score (nSPS) is 16.6. The lowest BCUT2D eigenvalue weighted by Gasteiger charge is -2.13. The van der Waals surface area contributed by atoms with Crippen molar-refractivity contribution in [1.29, 1.82) is 0 Å². The van der Waals surface area contributed by atoms with Crippen LogP contribution < -0.4 is 9.47 Å². The Balaban J connectivity index is 1.65. The van der Waals surface area contributed by atoms with Gasteiger partial charge in [-0.15, -0.1) is 0 Å². The molecule has 1 unspecified atom stereocenters. The van der Waals surface area contributed by atoms with E-state index in [1.807, 2.05) is 0 Å². The van der Waals surface area contributed by atoms with E-state index >= 15 is 0 Å². The summed E-state index contributed by atoms with van der Waals surface area (Å²) in [5, 5.41) is 0. The Kier molecular flexibility index (Phi) is 3.30. The number of halogens is 2. The largest absolute Gasteiger partial charge is 0.487 e. The van der Waals surface area contributed by atoms with Gasteiger partial charge in [0.1, 0.15) is 24.3 Å². The molecule has 0 fully saturated rings. The van der Waals surface area contributed by atoms with E-state index in [0.717, 1.165) is 5.56 Å². The van der Waals surface area contributed by atoms with Gasteiger partial charge in [0.25, 0.3) is 0 Å². The van der Waals surface area contributed by atoms with Crippen LogP contribution in [0.3, 0.4) is 0 Å². The van der Waals surface area contributed by atoms with E-state index in [1.165, 1.54) is 12.1 Å². The van der Waals surface area contributed by atoms with Crippen LogP contribution in [-0.2, 0) is 6.42 Å². The molecule has 20 heavy (non-hydrogen) atoms. The lowest BCUT2D eigenvalue weighted by molar-refractivity contribution is 0.145. The molecule has 0 N–H and O–H groups in total. The summed E-state index contributed by atoms with van der Waals surface area (Å²) in [6.45, 7) is 1.92. The average molecular weight is 276 g/mol. The molecule has 0 bridgehead atoms. The summed E-state index contributed by atoms with van der Waals surface area (Å²) in [6, 6.07) is 9.45. The third kappa shape index (κ3) is 2.46. The van der Waals surface area contributed by atoms with Gasteiger partial charge < -0.3 is 9.47 Å². The van der Waals surface area contributed by atoms with Gasteiger partial charge in [0.05, 0.1) is 0 Å². The molecule has 0 spiro atoms. The first-order valence-electron chi connectivity index (χ1n) is 6.46. The molecule has 3 rings (SSSR count). The first-order valence-corrected chi connectivity index (χ1v) is 6.46. The van der Waals surface area contributed by atoms with E-state index in [1.54, 1.807) is 31.2 Å². The van der Waals surface area contributed by atoms with Crippen molar-refractivity contribution < 1.29 is 18.3 Å². The third-order valence-electron chi connectivity index (χ3n) is 3.34. The monoisotopic (exact) mass is 276 g/mol. The molecular formula is C16H14F2O2. The summed E-state index contributed by atoms with van der Waals surface area (Å²) in [6.07, 6.45) is 0.354. The van der Waals surface area contributed by atoms with Crippen molar-refractivity contribution in [2.75, 3.05) is 6.61 Å². The van der Waals surface area contributed by atoms with Gasteiger partial charge in [0.15, 0.2) is 11.6 Å². The maximum atomic E-state index is 13.8. The number of rotatable bonds is 3. The molecule has 0 saturated carbocycles. The predicted octanol–water partition coefficient (Wildman–Crippen LogP) is 3.66. The van der Waals surface area contributed by atoms with Gasteiger partial charge in [-0.3, -0.25) is 0 Å². The molecule has 1 heterocycles. The van der Waals surface area contributed by atoms with Crippen molar-refractivity contribution in [3.8, 4) is 11.5 Å². The molecule has 0 aliphatic carbocycles. The second kappa shape index (κ2) is 5.12. The molecule has 1 atom stereocenters. The lowest BCUT2D eigenvalue weighted by Crippen LogP contribution is -2.22. The van der Waals surface area contributed by atoms with Crippen molar-refractivity contribution in [1.82, 2.24) is 0 Å². The highest BCUT2D eigenvalue weighted by atomic mass is 19.1. The minimum atomic E-state index is -0.353. The number of hydrogen-bond acceptors (Lipinski definition) is 2. The minimum absolute atomic E-state index is 0.216. The first-order chi connectivity index (χ1) is 9.63. The van der Waals surface area contributed by atoms with E-state index in [0.29, 0.717) is 17.7 Å². The average Bonchev–Trinajstić information content (AvgIpc) is 2.82. The van der Waals surface area contributed by atoms with Crippen molar-refractivity contribution in [3.05, 3.63) is 59.2 Å². The van der Waals surface area contributed by atoms with E-state index < -0.39 is 0 Å². The summed E-state index contributed by atoms with van der Waals surface area (Å²) in [4.78, 5) is 0. The highest BCUT2D eigenvalue weighted by molar-refractivity contribution is 5.38. The van der Waals surface area contributed by atoms with Gasteiger partial charge in [-0.1, -0.05) is 12.1 Å². The predicted molar refractivity (Wildman–Crippen MR) is 71.2 cm³/mol. The van der Waals surface area contributed by atoms with Crippen LogP contribution in [0, 0.1) is 18.6 Å². The van der Waals surface area contributed by atoms with Gasteiger partial charge in [-0.25, -0.2) is 8.78 Å². The van der Waals surface area contributed by atoms with Crippen LogP contribution in [0.2, 0.25) is 0 Å². The SMILES string of the molecule is Cc1cccc(OCC2Cc3cc(F)ccc3O2)c1F. The Bertz CT molecular complexity index is 640. The molecule has 0 saturated heterocycles. The second-order valence-corrected chi connectivity index (χ2v) is 4.89. The summed E-state index contributed by atoms with van der Waals surface area (Å²) in [5.41, 5.74) is 1.36. The zero-order chi connectivity index (χ0) is 14.1. The van der Waals surface area contributed by atoms with Gasteiger partial charge >= 0.3 is 0 Å². The fraction of sp³-hybridized carbons (Fsp3) is 0.250. The number of ether oxygens (including phenoxy) is 2. The summed E-state index contributed by atoms with van der Waals surface area (Å²) in [5.74, 6) is 0.258. The Morgan fingerprint density at radius 1 is 1.25 bits per heavy atom. The van der Waals surface area contributed by atoms with Crippen molar-refractivity contribution in [2.24, 2.45) is 0 Å². The number of fused-ring (bicyclic) bond motifs is 1. The van der Waals surface area contributed by atoms with Crippen molar-refractivity contribution in [3.63, 3.8) is 0 Å². The summed E-state index contributed by atoms with van der Waals surface area (Å²) in [7, 11) is 0. The van der Waals surface area contributed by atoms with Crippen LogP contribution in [0.25, 0.3) is 0 Å². The highest BCUT2D eigenvalue weighted by Crippen LogP contribution is 2.30. The van der Waals surface area contributed by atoms with E-state index in [-0.39, 0.29) is 30.1 Å². The Morgan fingerprint density at radius 2 is 2.10 bits per heavy atom. The fourth-order valence-corrected chi connectivity index (χ4v) is 2.30. The van der Waals surface area contributed by atoms with Crippen LogP contribution >= 0.6 is 0 Å². The van der Waals surface area contributed by atoms with Crippen LogP contribution in [0.15, 0.2) is 36.4 Å². The van der Waals surface area contributed by atoms with Crippen LogP contribution in [0.1, 0.15) is 11.1 Å². The van der Waals surface area contributed by atoms with Crippen LogP contribution in [0.5, 0.6) is 11.5 Å². The van der Waals surface area contributed by atoms with E-state index in [2.05, 4.69) is 0 Å². The smallest absolute Gasteiger partial charge is 0.167 e. The van der Waals surface area contributed by atoms with Gasteiger partial charge in [0, 0.05) is 12.0 Å². The van der Waals surface area contributed by atoms with Crippen LogP contribution in [0.4, 0.5) is 8.78 Å². The molecule has 2 nitrogen and oxygen atoms in total. The van der Waals surface area contributed by atoms with E-state index in [4.69, 9.17) is 9.47 Å². The second-order valence-electron chi connectivity index (χ2n) is 4.89. The third-order valence-corrected chi connectivity index (χ3v) is 3.34. The van der Waals surface area contributed by atoms with Gasteiger partial charge in [-0.05, 0) is 36.8 Å². The molecule has 0 aromatic heterocycles. The zero-order valence-corrected chi connectivity index (χ0v) is 11.0. The molecular weight excluding hydrogens is 262 g/mol. The molecule has 2 aromatic carbocycles. The Labute approximate surface area is 116 Å². The van der Waals surface area contributed by atoms with Crippen LogP contribution in [-0.4, -0.2) is 12.7 Å². The number of benzene rings is 2. The quantitative estimate of drug-likeness (QED) is 0.851. The Hall–Kier alpha value is -2.10. The molecule has 0 radical (unpaired) electrons. The maximum Gasteiger partial charge on any atom is 0.167 e. The maximum absolute atomic E-state index is 13.8. The van der Waals surface area contributed by atoms with Gasteiger partial charge in [-0.2, -0.15) is 0 Å². The summed E-state index contributed by atoms with van der Waals surface area (Å²) >= 11 is 0. The number of aryl methyl sites for hydroxylation is 1. The molecule has 4 heteroatoms. The Morgan fingerprint density at radius 3 is 2.95 bits per heavy atom. The topological polar surface area (TPSA) is 18.5 Å². The van der Waals surface area contributed by atoms with Crippen molar-refractivity contribution in [2.45, 2.75) is 19.4 Å². The molecule has 1 aliphatic heterocycles. The summed E-state index contributed by atoms with van der Waals surface area (Å²) < 4.78 is 38.0. The van der Waals surface area contributed by atoms with Gasteiger partial charge in [0.2, 0.25) is 0 Å². The van der Waals surface area contributed by atoms with E-state index in [9.17, 15) is 8.78 Å². The highest BCUT2D eigenvalue weighted by Gasteiger charge is 2.24. The lowest BCUT2D eigenvalue weighted by atomic mass is 10.1. The molecule has 104 valence electrons. The fourth-order valence-electron chi connectivity index (χ4n) is 2.30. The zero-order valence-electron chi connectivity index (χ0n) is 11.0. The molecule has 1 aliphatic rings. The van der Waals surface area contributed by atoms with Crippen molar-refractivity contribution >= 4 is 0 Å². The minimum Gasteiger partial charge on any atom is -0.487 e.